The highest BCUT2D eigenvalue weighted by Gasteiger charge is 2.06. The zero-order valence-corrected chi connectivity index (χ0v) is 12.7. The largest absolute Gasteiger partial charge is 0.325 e. The highest BCUT2D eigenvalue weighted by molar-refractivity contribution is 9.10. The van der Waals surface area contributed by atoms with Crippen LogP contribution in [0.2, 0.25) is 0 Å². The van der Waals surface area contributed by atoms with E-state index in [-0.39, 0.29) is 11.7 Å². The van der Waals surface area contributed by atoms with Gasteiger partial charge < -0.3 is 5.32 Å². The van der Waals surface area contributed by atoms with Crippen LogP contribution >= 0.6 is 15.9 Å². The molecule has 0 saturated heterocycles. The molecule has 104 valence electrons. The number of hydrogen-bond donors (Lipinski definition) is 1. The number of nitrogens with one attached hydrogen (secondary N) is 1. The summed E-state index contributed by atoms with van der Waals surface area (Å²) in [6, 6.07) is 12.0. The molecule has 2 aromatic carbocycles. The van der Waals surface area contributed by atoms with Crippen molar-refractivity contribution in [1.82, 2.24) is 0 Å². The number of anilines is 1. The van der Waals surface area contributed by atoms with Crippen molar-refractivity contribution < 1.29 is 9.18 Å². The van der Waals surface area contributed by atoms with Crippen LogP contribution in [0, 0.1) is 12.7 Å². The smallest absolute Gasteiger partial charge is 0.224 e. The van der Waals surface area contributed by atoms with Crippen LogP contribution in [0.1, 0.15) is 17.5 Å². The van der Waals surface area contributed by atoms with E-state index in [4.69, 9.17) is 0 Å². The lowest BCUT2D eigenvalue weighted by molar-refractivity contribution is -0.116. The van der Waals surface area contributed by atoms with Crippen LogP contribution in [0.5, 0.6) is 0 Å². The first-order valence-corrected chi connectivity index (χ1v) is 7.14. The number of amides is 1. The summed E-state index contributed by atoms with van der Waals surface area (Å²) >= 11 is 3.42. The minimum absolute atomic E-state index is 0.0566. The highest BCUT2D eigenvalue weighted by atomic mass is 79.9. The molecule has 0 unspecified atom stereocenters. The average Bonchev–Trinajstić information content (AvgIpc) is 2.41. The third kappa shape index (κ3) is 4.17. The molecule has 0 aromatic heterocycles. The Bertz CT molecular complexity index is 610. The highest BCUT2D eigenvalue weighted by Crippen LogP contribution is 2.23. The van der Waals surface area contributed by atoms with Gasteiger partial charge in [-0.15, -0.1) is 0 Å². The maximum absolute atomic E-state index is 12.8. The number of halogens is 2. The zero-order valence-electron chi connectivity index (χ0n) is 11.1. The first-order chi connectivity index (χ1) is 9.54. The Labute approximate surface area is 126 Å². The van der Waals surface area contributed by atoms with Crippen molar-refractivity contribution in [3.63, 3.8) is 0 Å². The van der Waals surface area contributed by atoms with Crippen molar-refractivity contribution in [2.45, 2.75) is 19.8 Å². The van der Waals surface area contributed by atoms with Crippen LogP contribution in [0.4, 0.5) is 10.1 Å². The van der Waals surface area contributed by atoms with Gasteiger partial charge in [0.25, 0.3) is 0 Å². The van der Waals surface area contributed by atoms with Crippen molar-refractivity contribution in [3.8, 4) is 0 Å². The second kappa shape index (κ2) is 6.66. The summed E-state index contributed by atoms with van der Waals surface area (Å²) in [5.41, 5.74) is 2.84. The van der Waals surface area contributed by atoms with Gasteiger partial charge in [-0.05, 0) is 64.7 Å². The molecule has 2 aromatic rings. The van der Waals surface area contributed by atoms with Gasteiger partial charge in [0, 0.05) is 10.9 Å². The molecule has 1 amide bonds. The maximum atomic E-state index is 12.8. The van der Waals surface area contributed by atoms with Gasteiger partial charge in [0.2, 0.25) is 5.91 Å². The summed E-state index contributed by atoms with van der Waals surface area (Å²) in [6.07, 6.45) is 0.960. The molecule has 0 spiro atoms. The lowest BCUT2D eigenvalue weighted by Gasteiger charge is -2.08. The Morgan fingerprint density at radius 3 is 2.55 bits per heavy atom. The topological polar surface area (TPSA) is 29.1 Å². The molecule has 0 saturated carbocycles. The van der Waals surface area contributed by atoms with Gasteiger partial charge in [-0.3, -0.25) is 4.79 Å². The van der Waals surface area contributed by atoms with Gasteiger partial charge in [0.05, 0.1) is 5.69 Å². The zero-order chi connectivity index (χ0) is 14.5. The van der Waals surface area contributed by atoms with Gasteiger partial charge in [-0.25, -0.2) is 4.39 Å². The normalized spacial score (nSPS) is 10.3. The first-order valence-electron chi connectivity index (χ1n) is 6.35. The Morgan fingerprint density at radius 2 is 1.90 bits per heavy atom. The summed E-state index contributed by atoms with van der Waals surface area (Å²) in [5, 5.41) is 2.86. The molecule has 0 aliphatic rings. The standard InChI is InChI=1S/C16H15BrFNO/c1-11-2-8-15(14(17)10-11)19-16(20)9-5-12-3-6-13(18)7-4-12/h2-4,6-8,10H,5,9H2,1H3,(H,19,20). The summed E-state index contributed by atoms with van der Waals surface area (Å²) < 4.78 is 13.6. The van der Waals surface area contributed by atoms with Crippen LogP contribution < -0.4 is 5.32 Å². The Balaban J connectivity index is 1.90. The van der Waals surface area contributed by atoms with Crippen molar-refractivity contribution in [1.29, 1.82) is 0 Å². The Kier molecular flexibility index (Phi) is 4.90. The van der Waals surface area contributed by atoms with Gasteiger partial charge in [-0.2, -0.15) is 0 Å². The van der Waals surface area contributed by atoms with E-state index in [1.807, 2.05) is 25.1 Å². The minimum Gasteiger partial charge on any atom is -0.325 e. The number of aryl methyl sites for hydroxylation is 2. The van der Waals surface area contributed by atoms with E-state index < -0.39 is 0 Å². The van der Waals surface area contributed by atoms with Crippen LogP contribution in [0.25, 0.3) is 0 Å². The molecule has 2 rings (SSSR count). The van der Waals surface area contributed by atoms with Gasteiger partial charge in [0.1, 0.15) is 5.82 Å². The predicted octanol–water partition coefficient (Wildman–Crippen LogP) is 4.47. The lowest BCUT2D eigenvalue weighted by Crippen LogP contribution is -2.12. The monoisotopic (exact) mass is 335 g/mol. The number of rotatable bonds is 4. The summed E-state index contributed by atoms with van der Waals surface area (Å²) in [4.78, 5) is 11.9. The fraction of sp³-hybridized carbons (Fsp3) is 0.188. The molecule has 0 aliphatic carbocycles. The number of carbonyl (C=O) groups excluding carboxylic acids is 1. The van der Waals surface area contributed by atoms with Crippen LogP contribution in [-0.2, 0) is 11.2 Å². The minimum atomic E-state index is -0.262. The van der Waals surface area contributed by atoms with E-state index in [9.17, 15) is 9.18 Å². The van der Waals surface area contributed by atoms with Gasteiger partial charge in [-0.1, -0.05) is 18.2 Å². The second-order valence-corrected chi connectivity index (χ2v) is 5.51. The summed E-state index contributed by atoms with van der Waals surface area (Å²) in [7, 11) is 0. The SMILES string of the molecule is Cc1ccc(NC(=O)CCc2ccc(F)cc2)c(Br)c1. The van der Waals surface area contributed by atoms with E-state index in [1.165, 1.54) is 12.1 Å². The summed E-state index contributed by atoms with van der Waals surface area (Å²) in [5.74, 6) is -0.319. The van der Waals surface area contributed by atoms with Crippen molar-refractivity contribution in [3.05, 3.63) is 63.9 Å². The maximum Gasteiger partial charge on any atom is 0.224 e. The average molecular weight is 336 g/mol. The van der Waals surface area contributed by atoms with E-state index in [2.05, 4.69) is 21.2 Å². The molecule has 2 nitrogen and oxygen atoms in total. The van der Waals surface area contributed by atoms with E-state index in [0.29, 0.717) is 12.8 Å². The summed E-state index contributed by atoms with van der Waals surface area (Å²) in [6.45, 7) is 1.99. The number of benzene rings is 2. The molecular weight excluding hydrogens is 321 g/mol. The van der Waals surface area contributed by atoms with Crippen LogP contribution in [0.15, 0.2) is 46.9 Å². The van der Waals surface area contributed by atoms with E-state index >= 15 is 0 Å². The molecule has 1 N–H and O–H groups in total. The molecule has 20 heavy (non-hydrogen) atoms. The third-order valence-electron chi connectivity index (χ3n) is 2.95. The number of hydrogen-bond acceptors (Lipinski definition) is 1. The first kappa shape index (κ1) is 14.7. The van der Waals surface area contributed by atoms with Crippen LogP contribution in [0.3, 0.4) is 0 Å². The van der Waals surface area contributed by atoms with Crippen molar-refractivity contribution in [2.75, 3.05) is 5.32 Å². The van der Waals surface area contributed by atoms with Gasteiger partial charge in [0.15, 0.2) is 0 Å². The second-order valence-electron chi connectivity index (χ2n) is 4.66. The Morgan fingerprint density at radius 1 is 1.20 bits per heavy atom. The molecule has 0 atom stereocenters. The molecule has 0 bridgehead atoms. The lowest BCUT2D eigenvalue weighted by atomic mass is 10.1. The van der Waals surface area contributed by atoms with E-state index in [1.54, 1.807) is 12.1 Å². The number of carbonyl (C=O) groups is 1. The molecule has 0 fully saturated rings. The Hall–Kier alpha value is -1.68. The molecular formula is C16H15BrFNO. The third-order valence-corrected chi connectivity index (χ3v) is 3.61. The van der Waals surface area contributed by atoms with Crippen LogP contribution in [-0.4, -0.2) is 5.91 Å². The molecule has 0 radical (unpaired) electrons. The fourth-order valence-corrected chi connectivity index (χ4v) is 2.44. The molecule has 0 aliphatic heterocycles. The predicted molar refractivity (Wildman–Crippen MR) is 82.2 cm³/mol. The quantitative estimate of drug-likeness (QED) is 0.877. The fourth-order valence-electron chi connectivity index (χ4n) is 1.84. The molecule has 0 heterocycles. The van der Waals surface area contributed by atoms with Crippen molar-refractivity contribution >= 4 is 27.5 Å². The van der Waals surface area contributed by atoms with Crippen molar-refractivity contribution in [2.24, 2.45) is 0 Å². The molecule has 4 heteroatoms. The van der Waals surface area contributed by atoms with E-state index in [0.717, 1.165) is 21.3 Å². The van der Waals surface area contributed by atoms with Gasteiger partial charge >= 0.3 is 0 Å².